The summed E-state index contributed by atoms with van der Waals surface area (Å²) in [5.41, 5.74) is 0. The van der Waals surface area contributed by atoms with Gasteiger partial charge in [0.25, 0.3) is 0 Å². The van der Waals surface area contributed by atoms with Crippen LogP contribution in [-0.2, 0) is 23.8 Å². The number of hydrogen-bond acceptors (Lipinski definition) is 10. The molecule has 8 unspecified atom stereocenters. The van der Waals surface area contributed by atoms with Crippen molar-refractivity contribution in [3.05, 3.63) is 72.9 Å². The van der Waals surface area contributed by atoms with Crippen molar-refractivity contribution in [3.8, 4) is 0 Å². The van der Waals surface area contributed by atoms with Crippen LogP contribution >= 0.6 is 0 Å². The highest BCUT2D eigenvalue weighted by Crippen LogP contribution is 2.26. The van der Waals surface area contributed by atoms with Crippen molar-refractivity contribution >= 4 is 11.9 Å². The zero-order valence-corrected chi connectivity index (χ0v) is 46.5. The highest BCUT2D eigenvalue weighted by molar-refractivity contribution is 5.80. The summed E-state index contributed by atoms with van der Waals surface area (Å²) in [6.07, 6.45) is 52.3. The van der Waals surface area contributed by atoms with Crippen LogP contribution in [-0.4, -0.2) is 99.6 Å². The van der Waals surface area contributed by atoms with Crippen LogP contribution in [0.1, 0.15) is 245 Å². The van der Waals surface area contributed by atoms with Crippen LogP contribution in [0.5, 0.6) is 0 Å². The molecule has 8 atom stereocenters. The van der Waals surface area contributed by atoms with Gasteiger partial charge in [-0.1, -0.05) is 267 Å². The number of carbonyl (C=O) groups excluding carboxylic acids is 2. The van der Waals surface area contributed by atoms with Crippen molar-refractivity contribution in [2.24, 2.45) is 0 Å². The number of hydrogen-bond donors (Lipinski definition) is 6. The Bertz CT molecular complexity index is 1460. The van der Waals surface area contributed by atoms with E-state index < -0.39 is 67.4 Å². The van der Waals surface area contributed by atoms with E-state index in [0.717, 1.165) is 64.2 Å². The van der Waals surface area contributed by atoms with Crippen molar-refractivity contribution < 1.29 is 49.3 Å². The second kappa shape index (κ2) is 49.9. The first-order valence-corrected chi connectivity index (χ1v) is 29.8. The molecule has 0 spiro atoms. The molecule has 73 heavy (non-hydrogen) atoms. The van der Waals surface area contributed by atoms with Crippen molar-refractivity contribution in [2.75, 3.05) is 13.2 Å². The van der Waals surface area contributed by atoms with E-state index in [1.54, 1.807) is 6.08 Å². The predicted octanol–water partition coefficient (Wildman–Crippen LogP) is 13.6. The Kier molecular flexibility index (Phi) is 46.6. The molecule has 1 aliphatic rings. The zero-order valence-electron chi connectivity index (χ0n) is 46.5. The normalized spacial score (nSPS) is 19.9. The van der Waals surface area contributed by atoms with E-state index in [4.69, 9.17) is 14.2 Å². The number of aliphatic hydroxyl groups excluding tert-OH is 5. The number of carbonyl (C=O) groups is 2. The lowest BCUT2D eigenvalue weighted by Gasteiger charge is -2.41. The summed E-state index contributed by atoms with van der Waals surface area (Å²) < 4.78 is 17.5. The Morgan fingerprint density at radius 3 is 1.48 bits per heavy atom. The van der Waals surface area contributed by atoms with Gasteiger partial charge in [0, 0.05) is 6.42 Å². The van der Waals surface area contributed by atoms with Crippen molar-refractivity contribution in [2.45, 2.75) is 294 Å². The lowest BCUT2D eigenvalue weighted by atomic mass is 9.99. The topological polar surface area (TPSA) is 175 Å². The largest absolute Gasteiger partial charge is 0.454 e. The summed E-state index contributed by atoms with van der Waals surface area (Å²) >= 11 is 0. The number of ether oxygens (including phenoxy) is 3. The maximum absolute atomic E-state index is 13.4. The van der Waals surface area contributed by atoms with Gasteiger partial charge in [-0.05, 0) is 44.9 Å². The van der Waals surface area contributed by atoms with E-state index >= 15 is 0 Å². The van der Waals surface area contributed by atoms with Gasteiger partial charge < -0.3 is 45.1 Å². The molecular weight excluding hydrogens is 919 g/mol. The molecule has 0 aromatic rings. The van der Waals surface area contributed by atoms with Crippen molar-refractivity contribution in [1.82, 2.24) is 5.32 Å². The summed E-state index contributed by atoms with van der Waals surface area (Å²) in [4.78, 5) is 26.5. The first-order valence-electron chi connectivity index (χ1n) is 29.8. The molecule has 1 fully saturated rings. The maximum Gasteiger partial charge on any atom is 0.306 e. The zero-order chi connectivity index (χ0) is 53.3. The molecule has 11 nitrogen and oxygen atoms in total. The first kappa shape index (κ1) is 68.1. The molecule has 0 bridgehead atoms. The third-order valence-corrected chi connectivity index (χ3v) is 13.8. The molecule has 11 heteroatoms. The van der Waals surface area contributed by atoms with E-state index in [1.165, 1.54) is 135 Å². The summed E-state index contributed by atoms with van der Waals surface area (Å²) in [5, 5.41) is 56.8. The minimum atomic E-state index is -1.63. The molecule has 1 saturated heterocycles. The minimum absolute atomic E-state index is 0.0728. The molecule has 0 aliphatic carbocycles. The molecule has 1 rings (SSSR count). The SMILES string of the molecule is CC/C=C/C=C/C=C\C=C/C=C/CCCCCC(=O)OC1C(OCC(NC(=O)C(O)CCCCCCCCCCCCCCCCCCCC)C(O)/C=C/CCCCCCCCCCC)OC(CO)C(O)C1O. The van der Waals surface area contributed by atoms with Gasteiger partial charge in [0.15, 0.2) is 12.4 Å². The molecule has 0 saturated carbocycles. The van der Waals surface area contributed by atoms with Crippen LogP contribution in [0.15, 0.2) is 72.9 Å². The molecule has 0 radical (unpaired) electrons. The van der Waals surface area contributed by atoms with E-state index in [-0.39, 0.29) is 19.4 Å². The number of rotatable bonds is 49. The lowest BCUT2D eigenvalue weighted by Crippen LogP contribution is -2.61. The van der Waals surface area contributed by atoms with Gasteiger partial charge in [-0.2, -0.15) is 0 Å². The van der Waals surface area contributed by atoms with Gasteiger partial charge in [-0.3, -0.25) is 9.59 Å². The molecule has 6 N–H and O–H groups in total. The number of aliphatic hydroxyl groups is 5. The molecule has 1 heterocycles. The van der Waals surface area contributed by atoms with Crippen LogP contribution in [0.3, 0.4) is 0 Å². The second-order valence-corrected chi connectivity index (χ2v) is 20.5. The Hall–Kier alpha value is -2.90. The molecule has 1 aliphatic heterocycles. The van der Waals surface area contributed by atoms with E-state index in [1.807, 2.05) is 54.7 Å². The smallest absolute Gasteiger partial charge is 0.306 e. The highest BCUT2D eigenvalue weighted by Gasteiger charge is 2.47. The summed E-state index contributed by atoms with van der Waals surface area (Å²) in [6, 6.07) is -1.03. The molecule has 0 aromatic heterocycles. The Labute approximate surface area is 445 Å². The standard InChI is InChI=1S/C62H109NO10/c1-4-7-10-13-16-19-22-24-26-27-28-30-31-34-37-40-43-46-49-55(66)61(70)63-53(54(65)48-45-42-39-36-33-21-18-15-12-9-6-3)52-71-62-60(59(69)58(68)56(51-64)72-62)73-57(67)50-47-44-41-38-35-32-29-25-23-20-17-14-11-8-5-2/h8,11,14,17,20,23,25,29,32,35,45,48,53-56,58-60,62,64-66,68-69H,4-7,9-10,12-13,15-16,18-19,21-22,24,26-28,30-31,33-34,36-44,46-47,49-52H2,1-3H3,(H,63,70)/b11-8+,17-14+,23-20-,29-25-,35-32+,48-45+. The minimum Gasteiger partial charge on any atom is -0.454 e. The Morgan fingerprint density at radius 2 is 0.986 bits per heavy atom. The fraction of sp³-hybridized carbons (Fsp3) is 0.774. The van der Waals surface area contributed by atoms with Gasteiger partial charge in [0.2, 0.25) is 5.91 Å². The van der Waals surface area contributed by atoms with Gasteiger partial charge in [0.1, 0.15) is 24.4 Å². The van der Waals surface area contributed by atoms with Gasteiger partial charge >= 0.3 is 5.97 Å². The van der Waals surface area contributed by atoms with Crippen LogP contribution in [0.25, 0.3) is 0 Å². The van der Waals surface area contributed by atoms with Crippen LogP contribution < -0.4 is 5.32 Å². The van der Waals surface area contributed by atoms with Gasteiger partial charge in [0.05, 0.1) is 25.4 Å². The van der Waals surface area contributed by atoms with E-state index in [9.17, 15) is 35.1 Å². The Morgan fingerprint density at radius 1 is 0.548 bits per heavy atom. The quantitative estimate of drug-likeness (QED) is 0.0149. The molecule has 0 aromatic carbocycles. The molecule has 422 valence electrons. The van der Waals surface area contributed by atoms with E-state index in [0.29, 0.717) is 12.8 Å². The second-order valence-electron chi connectivity index (χ2n) is 20.5. The summed E-state index contributed by atoms with van der Waals surface area (Å²) in [7, 11) is 0. The first-order chi connectivity index (χ1) is 35.7. The van der Waals surface area contributed by atoms with Crippen LogP contribution in [0.4, 0.5) is 0 Å². The third-order valence-electron chi connectivity index (χ3n) is 13.8. The van der Waals surface area contributed by atoms with Gasteiger partial charge in [-0.15, -0.1) is 0 Å². The van der Waals surface area contributed by atoms with Crippen LogP contribution in [0, 0.1) is 0 Å². The van der Waals surface area contributed by atoms with Crippen molar-refractivity contribution in [3.63, 3.8) is 0 Å². The molecule has 1 amide bonds. The highest BCUT2D eigenvalue weighted by atomic mass is 16.7. The third kappa shape index (κ3) is 38.3. The number of esters is 1. The number of nitrogens with one attached hydrogen (secondary N) is 1. The summed E-state index contributed by atoms with van der Waals surface area (Å²) in [6.45, 7) is 5.61. The number of allylic oxidation sites excluding steroid dienone is 11. The fourth-order valence-electron chi connectivity index (χ4n) is 9.03. The average molecular weight is 1030 g/mol. The van der Waals surface area contributed by atoms with E-state index in [2.05, 4.69) is 38.2 Å². The predicted molar refractivity (Wildman–Crippen MR) is 301 cm³/mol. The van der Waals surface area contributed by atoms with Crippen molar-refractivity contribution in [1.29, 1.82) is 0 Å². The van der Waals surface area contributed by atoms with Gasteiger partial charge in [-0.25, -0.2) is 0 Å². The molecular formula is C62H109NO10. The monoisotopic (exact) mass is 1030 g/mol. The Balaban J connectivity index is 2.71. The summed E-state index contributed by atoms with van der Waals surface area (Å²) in [5.74, 6) is -1.24. The lowest BCUT2D eigenvalue weighted by molar-refractivity contribution is -0.305. The van der Waals surface area contributed by atoms with Crippen LogP contribution in [0.2, 0.25) is 0 Å². The average Bonchev–Trinajstić information content (AvgIpc) is 3.39. The number of unbranched alkanes of at least 4 members (excludes halogenated alkanes) is 29. The maximum atomic E-state index is 13.4. The fourth-order valence-corrected chi connectivity index (χ4v) is 9.03. The number of amides is 1.